The molecule has 2 unspecified atom stereocenters. The van der Waals surface area contributed by atoms with Crippen molar-refractivity contribution in [3.8, 4) is 5.75 Å². The summed E-state index contributed by atoms with van der Waals surface area (Å²) in [4.78, 5) is 1.66. The van der Waals surface area contributed by atoms with E-state index in [-0.39, 0.29) is 18.6 Å². The van der Waals surface area contributed by atoms with E-state index < -0.39 is 12.6 Å². The molecule has 1 aromatic carbocycles. The van der Waals surface area contributed by atoms with Crippen LogP contribution in [0, 0.1) is 0 Å². The second-order valence-electron chi connectivity index (χ2n) is 5.14. The van der Waals surface area contributed by atoms with Crippen molar-refractivity contribution < 1.29 is 17.9 Å². The maximum Gasteiger partial charge on any atom is 0.390 e. The van der Waals surface area contributed by atoms with E-state index in [1.165, 1.54) is 0 Å². The smallest absolute Gasteiger partial charge is 0.390 e. The Labute approximate surface area is 123 Å². The predicted octanol–water partition coefficient (Wildman–Crippen LogP) is 3.36. The second-order valence-corrected chi connectivity index (χ2v) is 5.14. The Morgan fingerprint density at radius 3 is 2.52 bits per heavy atom. The minimum atomic E-state index is -4.16. The standard InChI is InChI=1S/C15H23F3N2O/c1-4-13(19)14(20(2)9-8-15(16,17)18)11-6-5-7-12(10-11)21-3/h5-7,10,13-14H,4,8-9,19H2,1-3H3. The van der Waals surface area contributed by atoms with Gasteiger partial charge in [-0.1, -0.05) is 19.1 Å². The third kappa shape index (κ3) is 5.55. The van der Waals surface area contributed by atoms with Crippen molar-refractivity contribution >= 4 is 0 Å². The molecule has 120 valence electrons. The average Bonchev–Trinajstić information content (AvgIpc) is 2.44. The van der Waals surface area contributed by atoms with Gasteiger partial charge in [0, 0.05) is 18.6 Å². The van der Waals surface area contributed by atoms with Crippen molar-refractivity contribution in [1.29, 1.82) is 0 Å². The zero-order valence-electron chi connectivity index (χ0n) is 12.7. The maximum absolute atomic E-state index is 12.4. The second kappa shape index (κ2) is 7.66. The normalized spacial score (nSPS) is 15.0. The lowest BCUT2D eigenvalue weighted by Gasteiger charge is -2.33. The molecule has 0 saturated heterocycles. The number of halogens is 3. The lowest BCUT2D eigenvalue weighted by atomic mass is 9.96. The Hall–Kier alpha value is -1.27. The summed E-state index contributed by atoms with van der Waals surface area (Å²) >= 11 is 0. The summed E-state index contributed by atoms with van der Waals surface area (Å²) in [5.74, 6) is 0.671. The zero-order valence-corrected chi connectivity index (χ0v) is 12.7. The van der Waals surface area contributed by atoms with Crippen molar-refractivity contribution in [1.82, 2.24) is 4.90 Å². The molecule has 6 heteroatoms. The molecule has 3 nitrogen and oxygen atoms in total. The van der Waals surface area contributed by atoms with Gasteiger partial charge in [0.05, 0.1) is 13.5 Å². The van der Waals surface area contributed by atoms with Crippen LogP contribution in [0.1, 0.15) is 31.4 Å². The number of methoxy groups -OCH3 is 1. The van der Waals surface area contributed by atoms with Crippen LogP contribution in [0.4, 0.5) is 13.2 Å². The van der Waals surface area contributed by atoms with E-state index in [1.807, 2.05) is 25.1 Å². The molecule has 0 fully saturated rings. The summed E-state index contributed by atoms with van der Waals surface area (Å²) < 4.78 is 42.4. The number of rotatable bonds is 7. The first kappa shape index (κ1) is 17.8. The fourth-order valence-electron chi connectivity index (χ4n) is 2.32. The molecular weight excluding hydrogens is 281 g/mol. The van der Waals surface area contributed by atoms with Crippen LogP contribution < -0.4 is 10.5 Å². The van der Waals surface area contributed by atoms with Crippen LogP contribution in [0.5, 0.6) is 5.75 Å². The number of hydrogen-bond donors (Lipinski definition) is 1. The monoisotopic (exact) mass is 304 g/mol. The van der Waals surface area contributed by atoms with Crippen LogP contribution in [0.25, 0.3) is 0 Å². The van der Waals surface area contributed by atoms with Crippen LogP contribution in [0.15, 0.2) is 24.3 Å². The highest BCUT2D eigenvalue weighted by Gasteiger charge is 2.30. The molecule has 0 aliphatic heterocycles. The molecule has 0 radical (unpaired) electrons. The molecule has 2 atom stereocenters. The molecule has 0 saturated carbocycles. The zero-order chi connectivity index (χ0) is 16.0. The highest BCUT2D eigenvalue weighted by Crippen LogP contribution is 2.28. The lowest BCUT2D eigenvalue weighted by Crippen LogP contribution is -2.40. The summed E-state index contributed by atoms with van der Waals surface area (Å²) in [7, 11) is 3.23. The van der Waals surface area contributed by atoms with Crippen LogP contribution >= 0.6 is 0 Å². The number of benzene rings is 1. The number of nitrogens with zero attached hydrogens (tertiary/aromatic N) is 1. The summed E-state index contributed by atoms with van der Waals surface area (Å²) in [5.41, 5.74) is 6.99. The van der Waals surface area contributed by atoms with Gasteiger partial charge >= 0.3 is 6.18 Å². The minimum Gasteiger partial charge on any atom is -0.497 e. The Balaban J connectivity index is 2.94. The highest BCUT2D eigenvalue weighted by molar-refractivity contribution is 5.31. The first-order valence-electron chi connectivity index (χ1n) is 6.95. The number of alkyl halides is 3. The topological polar surface area (TPSA) is 38.5 Å². The molecule has 1 rings (SSSR count). The largest absolute Gasteiger partial charge is 0.497 e. The molecular formula is C15H23F3N2O. The van der Waals surface area contributed by atoms with Crippen molar-refractivity contribution in [3.05, 3.63) is 29.8 Å². The average molecular weight is 304 g/mol. The predicted molar refractivity (Wildman–Crippen MR) is 77.3 cm³/mol. The third-order valence-corrected chi connectivity index (χ3v) is 3.54. The quantitative estimate of drug-likeness (QED) is 0.839. The van der Waals surface area contributed by atoms with Gasteiger partial charge in [-0.05, 0) is 31.2 Å². The third-order valence-electron chi connectivity index (χ3n) is 3.54. The van der Waals surface area contributed by atoms with Gasteiger partial charge in [-0.25, -0.2) is 0 Å². The first-order chi connectivity index (χ1) is 9.78. The molecule has 0 aliphatic carbocycles. The van der Waals surface area contributed by atoms with Gasteiger partial charge in [0.1, 0.15) is 5.75 Å². The SMILES string of the molecule is CCC(N)C(c1cccc(OC)c1)N(C)CCC(F)(F)F. The summed E-state index contributed by atoms with van der Waals surface area (Å²) in [6.07, 6.45) is -4.33. The van der Waals surface area contributed by atoms with Gasteiger partial charge in [-0.15, -0.1) is 0 Å². The molecule has 0 aliphatic rings. The Morgan fingerprint density at radius 2 is 2.00 bits per heavy atom. The van der Waals surface area contributed by atoms with Crippen molar-refractivity contribution in [2.75, 3.05) is 20.7 Å². The van der Waals surface area contributed by atoms with Gasteiger partial charge in [0.25, 0.3) is 0 Å². The number of hydrogen-bond acceptors (Lipinski definition) is 3. The van der Waals surface area contributed by atoms with Crippen LogP contribution in [-0.4, -0.2) is 37.8 Å². The van der Waals surface area contributed by atoms with E-state index in [4.69, 9.17) is 10.5 Å². The van der Waals surface area contributed by atoms with E-state index in [0.29, 0.717) is 12.2 Å². The Morgan fingerprint density at radius 1 is 1.33 bits per heavy atom. The van der Waals surface area contributed by atoms with E-state index in [0.717, 1.165) is 5.56 Å². The first-order valence-corrected chi connectivity index (χ1v) is 6.95. The fraction of sp³-hybridized carbons (Fsp3) is 0.600. The van der Waals surface area contributed by atoms with E-state index in [1.54, 1.807) is 25.1 Å². The lowest BCUT2D eigenvalue weighted by molar-refractivity contribution is -0.138. The molecule has 0 aromatic heterocycles. The fourth-order valence-corrected chi connectivity index (χ4v) is 2.32. The van der Waals surface area contributed by atoms with Crippen molar-refractivity contribution in [2.45, 2.75) is 38.0 Å². The van der Waals surface area contributed by atoms with E-state index >= 15 is 0 Å². The molecule has 0 amide bonds. The van der Waals surface area contributed by atoms with Gasteiger partial charge < -0.3 is 10.5 Å². The minimum absolute atomic E-state index is 0.0842. The molecule has 21 heavy (non-hydrogen) atoms. The van der Waals surface area contributed by atoms with E-state index in [2.05, 4.69) is 0 Å². The summed E-state index contributed by atoms with van der Waals surface area (Å²) in [5, 5.41) is 0. The summed E-state index contributed by atoms with van der Waals surface area (Å²) in [6.45, 7) is 1.84. The van der Waals surface area contributed by atoms with Gasteiger partial charge in [-0.2, -0.15) is 13.2 Å². The molecule has 0 spiro atoms. The summed E-state index contributed by atoms with van der Waals surface area (Å²) in [6, 6.07) is 6.80. The van der Waals surface area contributed by atoms with Gasteiger partial charge in [-0.3, -0.25) is 4.90 Å². The molecule has 1 aromatic rings. The van der Waals surface area contributed by atoms with Crippen molar-refractivity contribution in [2.24, 2.45) is 5.73 Å². The van der Waals surface area contributed by atoms with Crippen LogP contribution in [0.3, 0.4) is 0 Å². The Bertz CT molecular complexity index is 437. The maximum atomic E-state index is 12.4. The number of ether oxygens (including phenoxy) is 1. The molecule has 0 bridgehead atoms. The van der Waals surface area contributed by atoms with E-state index in [9.17, 15) is 13.2 Å². The van der Waals surface area contributed by atoms with Crippen LogP contribution in [0.2, 0.25) is 0 Å². The van der Waals surface area contributed by atoms with Gasteiger partial charge in [0.15, 0.2) is 0 Å². The highest BCUT2D eigenvalue weighted by atomic mass is 19.4. The van der Waals surface area contributed by atoms with Crippen LogP contribution in [-0.2, 0) is 0 Å². The van der Waals surface area contributed by atoms with Crippen molar-refractivity contribution in [3.63, 3.8) is 0 Å². The molecule has 2 N–H and O–H groups in total. The Kier molecular flexibility index (Phi) is 6.48. The van der Waals surface area contributed by atoms with Gasteiger partial charge in [0.2, 0.25) is 0 Å². The number of nitrogens with two attached hydrogens (primary N) is 1. The number of likely N-dealkylation sites (N-methyl/N-ethyl adjacent to an activating group) is 1. The molecule has 0 heterocycles.